The molecule has 0 fully saturated rings. The number of thiazole rings is 1. The number of esters is 1. The molecule has 8 heteroatoms. The first kappa shape index (κ1) is 18.7. The molecule has 0 radical (unpaired) electrons. The molecule has 26 heavy (non-hydrogen) atoms. The average molecular weight is 407 g/mol. The maximum Gasteiger partial charge on any atom is 0.338 e. The number of fused-ring (bicyclic) bond motifs is 1. The number of halogens is 1. The van der Waals surface area contributed by atoms with E-state index in [2.05, 4.69) is 10.3 Å². The van der Waals surface area contributed by atoms with Crippen molar-refractivity contribution in [3.63, 3.8) is 0 Å². The van der Waals surface area contributed by atoms with Crippen LogP contribution in [0.5, 0.6) is 0 Å². The van der Waals surface area contributed by atoms with Crippen LogP contribution in [-0.4, -0.2) is 29.2 Å². The van der Waals surface area contributed by atoms with Gasteiger partial charge in [0, 0.05) is 9.92 Å². The number of amides is 1. The van der Waals surface area contributed by atoms with Crippen molar-refractivity contribution in [2.75, 3.05) is 17.7 Å². The van der Waals surface area contributed by atoms with Crippen molar-refractivity contribution < 1.29 is 14.3 Å². The largest absolute Gasteiger partial charge is 0.462 e. The molecule has 3 rings (SSSR count). The molecule has 2 aromatic carbocycles. The topological polar surface area (TPSA) is 68.3 Å². The van der Waals surface area contributed by atoms with Crippen LogP contribution < -0.4 is 5.32 Å². The second-order valence-electron chi connectivity index (χ2n) is 5.21. The summed E-state index contributed by atoms with van der Waals surface area (Å²) in [5.74, 6) is -0.242. The van der Waals surface area contributed by atoms with E-state index in [-0.39, 0.29) is 17.6 Å². The van der Waals surface area contributed by atoms with Gasteiger partial charge in [-0.15, -0.1) is 11.8 Å². The van der Waals surface area contributed by atoms with E-state index in [1.165, 1.54) is 23.1 Å². The molecule has 0 bridgehead atoms. The molecule has 0 atom stereocenters. The third-order valence-electron chi connectivity index (χ3n) is 3.33. The number of carbonyl (C=O) groups is 2. The Morgan fingerprint density at radius 2 is 2.00 bits per heavy atom. The number of thioether (sulfide) groups is 1. The van der Waals surface area contributed by atoms with Gasteiger partial charge in [0.2, 0.25) is 5.91 Å². The van der Waals surface area contributed by atoms with Crippen LogP contribution in [0.2, 0.25) is 5.02 Å². The van der Waals surface area contributed by atoms with E-state index < -0.39 is 0 Å². The fourth-order valence-corrected chi connectivity index (χ4v) is 3.90. The van der Waals surface area contributed by atoms with Crippen molar-refractivity contribution in [1.29, 1.82) is 0 Å². The number of carbonyl (C=O) groups excluding carboxylic acids is 2. The number of hydrogen-bond acceptors (Lipinski definition) is 6. The van der Waals surface area contributed by atoms with E-state index in [0.29, 0.717) is 22.3 Å². The molecule has 0 saturated heterocycles. The summed E-state index contributed by atoms with van der Waals surface area (Å²) in [4.78, 5) is 29.3. The van der Waals surface area contributed by atoms with Gasteiger partial charge in [-0.3, -0.25) is 4.79 Å². The molecule has 0 spiro atoms. The Hall–Kier alpha value is -2.09. The molecule has 5 nitrogen and oxygen atoms in total. The molecule has 1 heterocycles. The van der Waals surface area contributed by atoms with Crippen LogP contribution in [0.3, 0.4) is 0 Å². The lowest BCUT2D eigenvalue weighted by Crippen LogP contribution is -2.13. The van der Waals surface area contributed by atoms with Gasteiger partial charge < -0.3 is 10.1 Å². The summed E-state index contributed by atoms with van der Waals surface area (Å²) in [6.45, 7) is 2.09. The number of nitrogens with zero attached hydrogens (tertiary/aromatic N) is 1. The van der Waals surface area contributed by atoms with Crippen LogP contribution in [0.25, 0.3) is 10.2 Å². The lowest BCUT2D eigenvalue weighted by atomic mass is 10.2. The smallest absolute Gasteiger partial charge is 0.338 e. The van der Waals surface area contributed by atoms with Crippen LogP contribution >= 0.6 is 34.7 Å². The average Bonchev–Trinajstić information content (AvgIpc) is 3.02. The zero-order valence-corrected chi connectivity index (χ0v) is 16.2. The van der Waals surface area contributed by atoms with Crippen molar-refractivity contribution >= 4 is 61.9 Å². The molecule has 0 unspecified atom stereocenters. The minimum Gasteiger partial charge on any atom is -0.462 e. The van der Waals surface area contributed by atoms with E-state index in [1.54, 1.807) is 37.3 Å². The highest BCUT2D eigenvalue weighted by atomic mass is 35.5. The summed E-state index contributed by atoms with van der Waals surface area (Å²) in [7, 11) is 0. The number of rotatable bonds is 6. The first-order valence-corrected chi connectivity index (χ1v) is 9.99. The van der Waals surface area contributed by atoms with Gasteiger partial charge in [0.15, 0.2) is 5.13 Å². The van der Waals surface area contributed by atoms with Crippen LogP contribution in [0.15, 0.2) is 47.4 Å². The third kappa shape index (κ3) is 4.75. The first-order chi connectivity index (χ1) is 12.5. The van der Waals surface area contributed by atoms with E-state index in [9.17, 15) is 9.59 Å². The van der Waals surface area contributed by atoms with Crippen molar-refractivity contribution in [2.24, 2.45) is 0 Å². The van der Waals surface area contributed by atoms with Gasteiger partial charge in [0.25, 0.3) is 0 Å². The van der Waals surface area contributed by atoms with Gasteiger partial charge in [-0.1, -0.05) is 22.9 Å². The van der Waals surface area contributed by atoms with Gasteiger partial charge in [0.05, 0.1) is 28.1 Å². The summed E-state index contributed by atoms with van der Waals surface area (Å²) in [5, 5.41) is 3.96. The monoisotopic (exact) mass is 406 g/mol. The second kappa shape index (κ2) is 8.53. The van der Waals surface area contributed by atoms with Crippen molar-refractivity contribution in [1.82, 2.24) is 4.98 Å². The maximum atomic E-state index is 12.1. The SMILES string of the molecule is CCOC(=O)c1ccc2nc(NC(=O)CSc3ccc(Cl)cc3)sc2c1. The van der Waals surface area contributed by atoms with Gasteiger partial charge in [0.1, 0.15) is 0 Å². The zero-order chi connectivity index (χ0) is 18.5. The standard InChI is InChI=1S/C18H15ClN2O3S2/c1-2-24-17(23)11-3-8-14-15(9-11)26-18(20-14)21-16(22)10-25-13-6-4-12(19)5-7-13/h3-9H,2,10H2,1H3,(H,20,21,22). The minimum absolute atomic E-state index is 0.144. The van der Waals surface area contributed by atoms with Gasteiger partial charge in [-0.25, -0.2) is 9.78 Å². The van der Waals surface area contributed by atoms with Gasteiger partial charge in [-0.05, 0) is 49.4 Å². The third-order valence-corrected chi connectivity index (χ3v) is 5.53. The fraction of sp³-hybridized carbons (Fsp3) is 0.167. The van der Waals surface area contributed by atoms with Crippen molar-refractivity contribution in [2.45, 2.75) is 11.8 Å². The van der Waals surface area contributed by atoms with Gasteiger partial charge >= 0.3 is 5.97 Å². The second-order valence-corrected chi connectivity index (χ2v) is 7.73. The van der Waals surface area contributed by atoms with Crippen LogP contribution in [0.4, 0.5) is 5.13 Å². The predicted octanol–water partition coefficient (Wildman–Crippen LogP) is 4.86. The van der Waals surface area contributed by atoms with E-state index in [0.717, 1.165) is 15.1 Å². The van der Waals surface area contributed by atoms with Crippen LogP contribution in [-0.2, 0) is 9.53 Å². The summed E-state index contributed by atoms with van der Waals surface area (Å²) >= 11 is 8.59. The fourth-order valence-electron chi connectivity index (χ4n) is 2.15. The Bertz CT molecular complexity index is 941. The summed E-state index contributed by atoms with van der Waals surface area (Å²) < 4.78 is 5.81. The number of benzene rings is 2. The first-order valence-electron chi connectivity index (χ1n) is 7.81. The van der Waals surface area contributed by atoms with E-state index in [4.69, 9.17) is 16.3 Å². The lowest BCUT2D eigenvalue weighted by molar-refractivity contribution is -0.113. The Balaban J connectivity index is 1.63. The number of hydrogen-bond donors (Lipinski definition) is 1. The summed E-state index contributed by atoms with van der Waals surface area (Å²) in [5.41, 5.74) is 1.20. The Morgan fingerprint density at radius 3 is 2.73 bits per heavy atom. The van der Waals surface area contributed by atoms with Crippen LogP contribution in [0.1, 0.15) is 17.3 Å². The molecule has 0 saturated carbocycles. The van der Waals surface area contributed by atoms with Gasteiger partial charge in [-0.2, -0.15) is 0 Å². The number of aromatic nitrogens is 1. The summed E-state index contributed by atoms with van der Waals surface area (Å²) in [6, 6.07) is 12.5. The number of anilines is 1. The highest BCUT2D eigenvalue weighted by molar-refractivity contribution is 8.00. The van der Waals surface area contributed by atoms with Crippen LogP contribution in [0, 0.1) is 0 Å². The molecule has 1 N–H and O–H groups in total. The van der Waals surface area contributed by atoms with Crippen molar-refractivity contribution in [3.05, 3.63) is 53.1 Å². The highest BCUT2D eigenvalue weighted by Gasteiger charge is 2.12. The molecular weight excluding hydrogens is 392 g/mol. The molecule has 0 aliphatic rings. The zero-order valence-electron chi connectivity index (χ0n) is 13.8. The predicted molar refractivity (Wildman–Crippen MR) is 106 cm³/mol. The Morgan fingerprint density at radius 1 is 1.23 bits per heavy atom. The maximum absolute atomic E-state index is 12.1. The van der Waals surface area contributed by atoms with E-state index >= 15 is 0 Å². The Kier molecular flexibility index (Phi) is 6.13. The molecule has 1 aromatic heterocycles. The molecule has 1 amide bonds. The Labute approximate surface area is 163 Å². The number of nitrogens with one attached hydrogen (secondary N) is 1. The number of ether oxygens (including phenoxy) is 1. The quantitative estimate of drug-likeness (QED) is 0.467. The molecule has 0 aliphatic heterocycles. The lowest BCUT2D eigenvalue weighted by Gasteiger charge is -2.02. The summed E-state index contributed by atoms with van der Waals surface area (Å²) in [6.07, 6.45) is 0. The highest BCUT2D eigenvalue weighted by Crippen LogP contribution is 2.27. The molecule has 0 aliphatic carbocycles. The van der Waals surface area contributed by atoms with Crippen molar-refractivity contribution in [3.8, 4) is 0 Å². The molecular formula is C18H15ClN2O3S2. The molecule has 134 valence electrons. The van der Waals surface area contributed by atoms with E-state index in [1.807, 2.05) is 12.1 Å². The normalized spacial score (nSPS) is 10.7. The minimum atomic E-state index is -0.368. The molecule has 3 aromatic rings.